The van der Waals surface area contributed by atoms with Gasteiger partial charge in [-0.05, 0) is 26.2 Å². The lowest BCUT2D eigenvalue weighted by Crippen LogP contribution is -2.44. The number of carbonyl (C=O) groups is 1. The van der Waals surface area contributed by atoms with Crippen LogP contribution in [0.4, 0.5) is 0 Å². The molecule has 0 radical (unpaired) electrons. The molecule has 2 atom stereocenters. The molecule has 0 aromatic rings. The quantitative estimate of drug-likeness (QED) is 0.378. The molecule has 2 fully saturated rings. The fraction of sp³-hybridized carbons (Fsp3) is 0.800. The number of halogens is 3. The Bertz CT molecular complexity index is 298. The van der Waals surface area contributed by atoms with Crippen molar-refractivity contribution in [1.82, 2.24) is 4.90 Å². The zero-order valence-corrected chi connectivity index (χ0v) is 15.9. The van der Waals surface area contributed by atoms with Gasteiger partial charge in [-0.2, -0.15) is 0 Å². The topological polar surface area (TPSA) is 29.5 Å². The zero-order valence-electron chi connectivity index (χ0n) is 13.7. The fourth-order valence-corrected chi connectivity index (χ4v) is 2.52. The molecule has 6 heteroatoms. The summed E-state index contributed by atoms with van der Waals surface area (Å²) in [7, 11) is 0. The lowest BCUT2D eigenvalue weighted by molar-refractivity contribution is -0.145. The molecule has 21 heavy (non-hydrogen) atoms. The number of hydrogen-bond acceptors (Lipinski definition) is 3. The van der Waals surface area contributed by atoms with Gasteiger partial charge in [0.2, 0.25) is 0 Å². The van der Waals surface area contributed by atoms with Crippen LogP contribution in [-0.4, -0.2) is 33.5 Å². The standard InChI is InChI=1S/C10H15NO2.2C2H6.CHCl3/c1-3-5-10-6-4-7-11(10)8(2)13-9(10)12;2*1-2;2-1(3)4/h3,8H,1,4-7H2,2H3;2*1-2H3;1H/t8-,10?;;;/m1.../s1. The van der Waals surface area contributed by atoms with Crippen molar-refractivity contribution < 1.29 is 9.53 Å². The van der Waals surface area contributed by atoms with E-state index in [4.69, 9.17) is 39.5 Å². The van der Waals surface area contributed by atoms with Gasteiger partial charge >= 0.3 is 5.97 Å². The number of carbonyl (C=O) groups excluding carboxylic acids is 1. The molecule has 2 heterocycles. The second kappa shape index (κ2) is 12.6. The number of ether oxygens (including phenoxy) is 1. The van der Waals surface area contributed by atoms with Crippen LogP contribution in [0.3, 0.4) is 0 Å². The van der Waals surface area contributed by atoms with Gasteiger partial charge in [0.15, 0.2) is 10.5 Å². The maximum absolute atomic E-state index is 11.7. The monoisotopic (exact) mass is 359 g/mol. The maximum atomic E-state index is 11.7. The molecule has 0 aromatic heterocycles. The van der Waals surface area contributed by atoms with Crippen LogP contribution < -0.4 is 0 Å². The third-order valence-corrected chi connectivity index (χ3v) is 3.12. The van der Waals surface area contributed by atoms with Crippen LogP contribution in [0.15, 0.2) is 12.7 Å². The van der Waals surface area contributed by atoms with E-state index in [9.17, 15) is 4.79 Å². The lowest BCUT2D eigenvalue weighted by Gasteiger charge is -2.26. The average molecular weight is 361 g/mol. The molecule has 0 aliphatic carbocycles. The van der Waals surface area contributed by atoms with Crippen molar-refractivity contribution in [2.75, 3.05) is 6.54 Å². The van der Waals surface area contributed by atoms with E-state index in [0.29, 0.717) is 0 Å². The summed E-state index contributed by atoms with van der Waals surface area (Å²) in [6, 6.07) is 0. The van der Waals surface area contributed by atoms with Gasteiger partial charge < -0.3 is 4.74 Å². The van der Waals surface area contributed by atoms with Crippen molar-refractivity contribution in [3.05, 3.63) is 12.7 Å². The van der Waals surface area contributed by atoms with Gasteiger partial charge in [-0.3, -0.25) is 4.90 Å². The molecule has 2 aliphatic heterocycles. The molecule has 0 saturated carbocycles. The van der Waals surface area contributed by atoms with Crippen molar-refractivity contribution in [2.24, 2.45) is 0 Å². The second-order valence-electron chi connectivity index (χ2n) is 4.07. The summed E-state index contributed by atoms with van der Waals surface area (Å²) in [4.78, 5) is 13.8. The molecule has 126 valence electrons. The first-order chi connectivity index (χ1) is 9.94. The van der Waals surface area contributed by atoms with Gasteiger partial charge in [0, 0.05) is 6.54 Å². The third kappa shape index (κ3) is 6.77. The van der Waals surface area contributed by atoms with Crippen molar-refractivity contribution in [3.63, 3.8) is 0 Å². The van der Waals surface area contributed by atoms with Gasteiger partial charge in [0.05, 0.1) is 0 Å². The SMILES string of the molecule is C=CCC12CCCN1[C@@H](C)OC2=O.CC.CC.ClC(Cl)Cl. The van der Waals surface area contributed by atoms with E-state index in [1.54, 1.807) is 0 Å². The Morgan fingerprint density at radius 3 is 2.29 bits per heavy atom. The molecule has 2 saturated heterocycles. The molecule has 0 bridgehead atoms. The Balaban J connectivity index is 0. The summed E-state index contributed by atoms with van der Waals surface area (Å²) in [6.07, 6.45) is 4.50. The lowest BCUT2D eigenvalue weighted by atomic mass is 9.93. The summed E-state index contributed by atoms with van der Waals surface area (Å²) in [5.74, 6) is -0.0580. The van der Waals surface area contributed by atoms with E-state index in [2.05, 4.69) is 11.5 Å². The minimum Gasteiger partial charge on any atom is -0.445 e. The fourth-order valence-electron chi connectivity index (χ4n) is 2.52. The predicted octanol–water partition coefficient (Wildman–Crippen LogP) is 5.34. The molecule has 1 unspecified atom stereocenters. The van der Waals surface area contributed by atoms with E-state index < -0.39 is 4.30 Å². The Labute approximate surface area is 144 Å². The van der Waals surface area contributed by atoms with Crippen LogP contribution >= 0.6 is 34.8 Å². The van der Waals surface area contributed by atoms with E-state index >= 15 is 0 Å². The normalized spacial score (nSPS) is 26.3. The van der Waals surface area contributed by atoms with Gasteiger partial charge in [-0.25, -0.2) is 4.79 Å². The van der Waals surface area contributed by atoms with Gasteiger partial charge in [-0.1, -0.05) is 68.6 Å². The number of fused-ring (bicyclic) bond motifs is 1. The highest BCUT2D eigenvalue weighted by molar-refractivity contribution is 6.63. The van der Waals surface area contributed by atoms with Crippen LogP contribution in [0.2, 0.25) is 0 Å². The molecule has 3 nitrogen and oxygen atoms in total. The van der Waals surface area contributed by atoms with Gasteiger partial charge in [0.25, 0.3) is 0 Å². The highest BCUT2D eigenvalue weighted by Gasteiger charge is 2.55. The molecule has 0 amide bonds. The highest BCUT2D eigenvalue weighted by atomic mass is 35.6. The minimum atomic E-state index is -0.750. The minimum absolute atomic E-state index is 0.0463. The van der Waals surface area contributed by atoms with Crippen molar-refractivity contribution >= 4 is 40.8 Å². The van der Waals surface area contributed by atoms with E-state index in [0.717, 1.165) is 25.8 Å². The first-order valence-corrected chi connectivity index (χ1v) is 8.76. The number of esters is 1. The summed E-state index contributed by atoms with van der Waals surface area (Å²) in [5.41, 5.74) is -0.360. The summed E-state index contributed by atoms with van der Waals surface area (Å²) in [6.45, 7) is 14.6. The Kier molecular flexibility index (Phi) is 14.0. The molecular formula is C15H28Cl3NO2. The zero-order chi connectivity index (χ0) is 17.1. The number of alkyl halides is 3. The van der Waals surface area contributed by atoms with E-state index in [1.807, 2.05) is 40.7 Å². The first-order valence-electron chi connectivity index (χ1n) is 7.45. The van der Waals surface area contributed by atoms with Crippen molar-refractivity contribution in [1.29, 1.82) is 0 Å². The average Bonchev–Trinajstić information content (AvgIpc) is 2.96. The van der Waals surface area contributed by atoms with Crippen molar-refractivity contribution in [2.45, 2.75) is 69.9 Å². The third-order valence-electron chi connectivity index (χ3n) is 3.12. The summed E-state index contributed by atoms with van der Waals surface area (Å²) in [5, 5.41) is 0. The van der Waals surface area contributed by atoms with E-state index in [-0.39, 0.29) is 17.7 Å². The van der Waals surface area contributed by atoms with Crippen LogP contribution in [0, 0.1) is 0 Å². The van der Waals surface area contributed by atoms with Crippen LogP contribution in [0.25, 0.3) is 0 Å². The second-order valence-corrected chi connectivity index (χ2v) is 6.05. The van der Waals surface area contributed by atoms with Crippen molar-refractivity contribution in [3.8, 4) is 0 Å². The molecule has 0 N–H and O–H groups in total. The number of hydrogen-bond donors (Lipinski definition) is 0. The molecule has 0 aromatic carbocycles. The predicted molar refractivity (Wildman–Crippen MR) is 93.1 cm³/mol. The Hall–Kier alpha value is 0.0400. The smallest absolute Gasteiger partial charge is 0.328 e. The van der Waals surface area contributed by atoms with Crippen LogP contribution in [-0.2, 0) is 9.53 Å². The molecule has 2 rings (SSSR count). The van der Waals surface area contributed by atoms with Gasteiger partial charge in [-0.15, -0.1) is 6.58 Å². The molecule has 0 spiro atoms. The highest BCUT2D eigenvalue weighted by Crippen LogP contribution is 2.40. The Morgan fingerprint density at radius 2 is 1.86 bits per heavy atom. The largest absolute Gasteiger partial charge is 0.445 e. The van der Waals surface area contributed by atoms with E-state index in [1.165, 1.54) is 0 Å². The number of rotatable bonds is 2. The first kappa shape index (κ1) is 23.3. The number of nitrogens with zero attached hydrogens (tertiary/aromatic N) is 1. The number of cyclic esters (lactones) is 1. The van der Waals surface area contributed by atoms with Gasteiger partial charge in [0.1, 0.15) is 5.54 Å². The summed E-state index contributed by atoms with van der Waals surface area (Å²) < 4.78 is 4.47. The maximum Gasteiger partial charge on any atom is 0.328 e. The molecular weight excluding hydrogens is 333 g/mol. The van der Waals surface area contributed by atoms with Crippen LogP contribution in [0.1, 0.15) is 53.9 Å². The van der Waals surface area contributed by atoms with Crippen LogP contribution in [0.5, 0.6) is 0 Å². The summed E-state index contributed by atoms with van der Waals surface area (Å²) >= 11 is 14.4. The Morgan fingerprint density at radius 1 is 1.38 bits per heavy atom. The molecule has 2 aliphatic rings.